The summed E-state index contributed by atoms with van der Waals surface area (Å²) in [7, 11) is 0. The van der Waals surface area contributed by atoms with Crippen LogP contribution in [0, 0.1) is 11.3 Å². The van der Waals surface area contributed by atoms with Crippen molar-refractivity contribution in [3.05, 3.63) is 0 Å². The van der Waals surface area contributed by atoms with Gasteiger partial charge in [0, 0.05) is 19.1 Å². The predicted octanol–water partition coefficient (Wildman–Crippen LogP) is 0.698. The van der Waals surface area contributed by atoms with Crippen LogP contribution in [0.2, 0.25) is 0 Å². The molecule has 2 fully saturated rings. The maximum absolute atomic E-state index is 11.9. The minimum Gasteiger partial charge on any atom is -0.481 e. The fraction of sp³-hybridized carbons (Fsp3) is 0.846. The number of carboxylic acids is 1. The van der Waals surface area contributed by atoms with Gasteiger partial charge in [-0.05, 0) is 24.7 Å². The molecule has 1 saturated carbocycles. The average Bonchev–Trinajstić information content (AvgIpc) is 2.94. The van der Waals surface area contributed by atoms with Gasteiger partial charge in [-0.3, -0.25) is 9.59 Å². The van der Waals surface area contributed by atoms with Crippen molar-refractivity contribution in [1.82, 2.24) is 10.2 Å². The number of rotatable bonds is 4. The Labute approximate surface area is 108 Å². The lowest BCUT2D eigenvalue weighted by molar-refractivity contribution is -0.145. The molecule has 1 aliphatic heterocycles. The van der Waals surface area contributed by atoms with E-state index in [4.69, 9.17) is 5.11 Å². The molecule has 0 bridgehead atoms. The molecule has 0 aromatic carbocycles. The van der Waals surface area contributed by atoms with Crippen molar-refractivity contribution >= 4 is 11.9 Å². The van der Waals surface area contributed by atoms with Gasteiger partial charge in [0.1, 0.15) is 0 Å². The van der Waals surface area contributed by atoms with Gasteiger partial charge in [0.25, 0.3) is 0 Å². The molecule has 1 atom stereocenters. The highest BCUT2D eigenvalue weighted by molar-refractivity contribution is 5.79. The van der Waals surface area contributed by atoms with Gasteiger partial charge in [-0.1, -0.05) is 13.8 Å². The highest BCUT2D eigenvalue weighted by Crippen LogP contribution is 2.44. The van der Waals surface area contributed by atoms with Crippen LogP contribution in [0.3, 0.4) is 0 Å². The van der Waals surface area contributed by atoms with E-state index in [1.54, 1.807) is 4.90 Å². The quantitative estimate of drug-likeness (QED) is 0.774. The van der Waals surface area contributed by atoms with E-state index in [0.29, 0.717) is 43.9 Å². The van der Waals surface area contributed by atoms with Crippen LogP contribution in [0.1, 0.15) is 33.1 Å². The van der Waals surface area contributed by atoms with Crippen LogP contribution in [0.15, 0.2) is 0 Å². The van der Waals surface area contributed by atoms with E-state index >= 15 is 0 Å². The first-order valence-corrected chi connectivity index (χ1v) is 6.64. The standard InChI is InChI=1S/C13H22N2O3/c1-13(2)7-10(13)14-8-11(16)15-5-3-9(4-6-15)12(17)18/h9-10,14H,3-8H2,1-2H3,(H,17,18). The Kier molecular flexibility index (Phi) is 3.61. The number of piperidine rings is 1. The second-order valence-electron chi connectivity index (χ2n) is 6.12. The molecule has 0 radical (unpaired) electrons. The molecule has 2 rings (SSSR count). The topological polar surface area (TPSA) is 69.6 Å². The second-order valence-corrected chi connectivity index (χ2v) is 6.12. The number of carbonyl (C=O) groups is 2. The largest absolute Gasteiger partial charge is 0.481 e. The summed E-state index contributed by atoms with van der Waals surface area (Å²) >= 11 is 0. The van der Waals surface area contributed by atoms with Crippen LogP contribution in [0.4, 0.5) is 0 Å². The van der Waals surface area contributed by atoms with E-state index in [-0.39, 0.29) is 11.8 Å². The molecule has 0 spiro atoms. The monoisotopic (exact) mass is 254 g/mol. The van der Waals surface area contributed by atoms with E-state index in [1.165, 1.54) is 0 Å². The summed E-state index contributed by atoms with van der Waals surface area (Å²) in [5, 5.41) is 12.2. The van der Waals surface area contributed by atoms with Gasteiger partial charge in [0.15, 0.2) is 0 Å². The highest BCUT2D eigenvalue weighted by atomic mass is 16.4. The second kappa shape index (κ2) is 4.88. The van der Waals surface area contributed by atoms with Crippen molar-refractivity contribution in [1.29, 1.82) is 0 Å². The zero-order chi connectivity index (χ0) is 13.3. The SMILES string of the molecule is CC1(C)CC1NCC(=O)N1CCC(C(=O)O)CC1. The first kappa shape index (κ1) is 13.3. The third-order valence-electron chi connectivity index (χ3n) is 4.21. The summed E-state index contributed by atoms with van der Waals surface area (Å²) in [5.74, 6) is -0.911. The number of carbonyl (C=O) groups excluding carboxylic acids is 1. The van der Waals surface area contributed by atoms with Crippen LogP contribution >= 0.6 is 0 Å². The number of carboxylic acid groups (broad SMARTS) is 1. The zero-order valence-corrected chi connectivity index (χ0v) is 11.1. The maximum Gasteiger partial charge on any atom is 0.306 e. The smallest absolute Gasteiger partial charge is 0.306 e. The zero-order valence-electron chi connectivity index (χ0n) is 11.1. The van der Waals surface area contributed by atoms with E-state index in [9.17, 15) is 9.59 Å². The molecule has 2 aliphatic rings. The van der Waals surface area contributed by atoms with E-state index in [1.807, 2.05) is 0 Å². The van der Waals surface area contributed by atoms with Crippen molar-refractivity contribution in [2.45, 2.75) is 39.2 Å². The van der Waals surface area contributed by atoms with Gasteiger partial charge in [-0.2, -0.15) is 0 Å². The third-order valence-corrected chi connectivity index (χ3v) is 4.21. The van der Waals surface area contributed by atoms with Gasteiger partial charge in [0.2, 0.25) is 5.91 Å². The van der Waals surface area contributed by atoms with Gasteiger partial charge < -0.3 is 15.3 Å². The number of likely N-dealkylation sites (tertiary alicyclic amines) is 1. The fourth-order valence-corrected chi connectivity index (χ4v) is 2.51. The number of nitrogens with one attached hydrogen (secondary N) is 1. The summed E-state index contributed by atoms with van der Waals surface area (Å²) < 4.78 is 0. The number of nitrogens with zero attached hydrogens (tertiary/aromatic N) is 1. The first-order valence-electron chi connectivity index (χ1n) is 6.64. The normalized spacial score (nSPS) is 27.0. The van der Waals surface area contributed by atoms with Crippen molar-refractivity contribution in [2.75, 3.05) is 19.6 Å². The Morgan fingerprint density at radius 3 is 2.33 bits per heavy atom. The Balaban J connectivity index is 1.69. The summed E-state index contributed by atoms with van der Waals surface area (Å²) in [4.78, 5) is 24.5. The Hall–Kier alpha value is -1.10. The third kappa shape index (κ3) is 3.02. The van der Waals surface area contributed by atoms with E-state index < -0.39 is 5.97 Å². The van der Waals surface area contributed by atoms with Gasteiger partial charge in [0.05, 0.1) is 12.5 Å². The molecular formula is C13H22N2O3. The maximum atomic E-state index is 11.9. The van der Waals surface area contributed by atoms with Crippen molar-refractivity contribution < 1.29 is 14.7 Å². The van der Waals surface area contributed by atoms with Crippen LogP contribution in [0.25, 0.3) is 0 Å². The number of hydrogen-bond donors (Lipinski definition) is 2. The molecule has 18 heavy (non-hydrogen) atoms. The van der Waals surface area contributed by atoms with Crippen LogP contribution in [-0.4, -0.2) is 47.6 Å². The van der Waals surface area contributed by atoms with Gasteiger partial charge >= 0.3 is 5.97 Å². The van der Waals surface area contributed by atoms with Crippen LogP contribution < -0.4 is 5.32 Å². The molecule has 2 N–H and O–H groups in total. The summed E-state index contributed by atoms with van der Waals surface area (Å²) in [5.41, 5.74) is 0.330. The summed E-state index contributed by atoms with van der Waals surface area (Å²) in [6, 6.07) is 0.456. The molecule has 1 unspecified atom stereocenters. The van der Waals surface area contributed by atoms with Crippen LogP contribution in [0.5, 0.6) is 0 Å². The molecule has 5 heteroatoms. The molecule has 0 aromatic rings. The lowest BCUT2D eigenvalue weighted by Crippen LogP contribution is -2.44. The predicted molar refractivity (Wildman–Crippen MR) is 67.1 cm³/mol. The molecule has 1 amide bonds. The minimum absolute atomic E-state index is 0.0986. The summed E-state index contributed by atoms with van der Waals surface area (Å²) in [6.07, 6.45) is 2.29. The van der Waals surface area contributed by atoms with Crippen molar-refractivity contribution in [3.8, 4) is 0 Å². The van der Waals surface area contributed by atoms with Gasteiger partial charge in [-0.25, -0.2) is 0 Å². The Morgan fingerprint density at radius 1 is 1.33 bits per heavy atom. The average molecular weight is 254 g/mol. The number of aliphatic carboxylic acids is 1. The highest BCUT2D eigenvalue weighted by Gasteiger charge is 2.45. The Bertz CT molecular complexity index is 346. The van der Waals surface area contributed by atoms with Crippen molar-refractivity contribution in [2.24, 2.45) is 11.3 Å². The molecule has 1 saturated heterocycles. The molecule has 1 heterocycles. The fourth-order valence-electron chi connectivity index (χ4n) is 2.51. The van der Waals surface area contributed by atoms with E-state index in [0.717, 1.165) is 6.42 Å². The molecule has 0 aromatic heterocycles. The molecule has 1 aliphatic carbocycles. The first-order chi connectivity index (χ1) is 8.40. The lowest BCUT2D eigenvalue weighted by Gasteiger charge is -2.30. The summed E-state index contributed by atoms with van der Waals surface area (Å²) in [6.45, 7) is 5.91. The number of hydrogen-bond acceptors (Lipinski definition) is 3. The molecule has 5 nitrogen and oxygen atoms in total. The molecular weight excluding hydrogens is 232 g/mol. The van der Waals surface area contributed by atoms with Gasteiger partial charge in [-0.15, -0.1) is 0 Å². The molecule has 102 valence electrons. The lowest BCUT2D eigenvalue weighted by atomic mass is 9.97. The van der Waals surface area contributed by atoms with E-state index in [2.05, 4.69) is 19.2 Å². The van der Waals surface area contributed by atoms with Crippen LogP contribution in [-0.2, 0) is 9.59 Å². The minimum atomic E-state index is -0.736. The number of amides is 1. The van der Waals surface area contributed by atoms with Crippen molar-refractivity contribution in [3.63, 3.8) is 0 Å². The Morgan fingerprint density at radius 2 is 1.89 bits per heavy atom.